The van der Waals surface area contributed by atoms with Crippen molar-refractivity contribution in [3.63, 3.8) is 0 Å². The number of halogens is 2. The van der Waals surface area contributed by atoms with E-state index in [1.807, 2.05) is 62.4 Å². The molecule has 1 atom stereocenters. The number of carbonyl (C=O) groups excluding carboxylic acids is 2. The minimum absolute atomic E-state index is 0.126. The molecule has 29 heavy (non-hydrogen) atoms. The van der Waals surface area contributed by atoms with Crippen LogP contribution in [0.15, 0.2) is 53.0 Å². The van der Waals surface area contributed by atoms with Gasteiger partial charge in [0.1, 0.15) is 11.8 Å². The number of nitrogens with one attached hydrogen (secondary N) is 1. The molecule has 1 N–H and O–H groups in total. The van der Waals surface area contributed by atoms with Crippen molar-refractivity contribution < 1.29 is 14.3 Å². The van der Waals surface area contributed by atoms with Gasteiger partial charge in [-0.05, 0) is 77.4 Å². The summed E-state index contributed by atoms with van der Waals surface area (Å²) in [7, 11) is 0. The lowest BCUT2D eigenvalue weighted by molar-refractivity contribution is -0.142. The van der Waals surface area contributed by atoms with Gasteiger partial charge < -0.3 is 15.0 Å². The van der Waals surface area contributed by atoms with Crippen LogP contribution in [0, 0.1) is 9.49 Å². The first-order valence-electron chi connectivity index (χ1n) is 9.46. The average molecular weight is 573 g/mol. The summed E-state index contributed by atoms with van der Waals surface area (Å²) < 4.78 is 7.71. The van der Waals surface area contributed by atoms with E-state index < -0.39 is 6.04 Å². The van der Waals surface area contributed by atoms with Crippen molar-refractivity contribution in [1.82, 2.24) is 10.2 Å². The fourth-order valence-corrected chi connectivity index (χ4v) is 3.20. The predicted molar refractivity (Wildman–Crippen MR) is 127 cm³/mol. The second kappa shape index (κ2) is 11.5. The van der Waals surface area contributed by atoms with E-state index >= 15 is 0 Å². The van der Waals surface area contributed by atoms with E-state index in [-0.39, 0.29) is 18.4 Å². The lowest BCUT2D eigenvalue weighted by Gasteiger charge is -2.29. The molecule has 0 spiro atoms. The summed E-state index contributed by atoms with van der Waals surface area (Å²) in [4.78, 5) is 27.1. The molecule has 5 nitrogen and oxygen atoms in total. The molecule has 2 rings (SSSR count). The largest absolute Gasteiger partial charge is 0.484 e. The number of carbonyl (C=O) groups is 2. The molecule has 0 saturated heterocycles. The molecule has 156 valence electrons. The van der Waals surface area contributed by atoms with E-state index in [1.165, 1.54) is 0 Å². The van der Waals surface area contributed by atoms with E-state index in [4.69, 9.17) is 4.74 Å². The van der Waals surface area contributed by atoms with Crippen LogP contribution in [-0.2, 0) is 16.1 Å². The highest BCUT2D eigenvalue weighted by Crippen LogP contribution is 2.16. The number of hydrogen-bond acceptors (Lipinski definition) is 3. The van der Waals surface area contributed by atoms with Crippen molar-refractivity contribution >= 4 is 50.3 Å². The zero-order valence-corrected chi connectivity index (χ0v) is 20.6. The molecule has 0 saturated carbocycles. The first-order chi connectivity index (χ1) is 13.8. The van der Waals surface area contributed by atoms with Gasteiger partial charge in [0.2, 0.25) is 5.91 Å². The van der Waals surface area contributed by atoms with Crippen molar-refractivity contribution in [2.24, 2.45) is 5.92 Å². The third kappa shape index (κ3) is 7.97. The summed E-state index contributed by atoms with van der Waals surface area (Å²) in [5.41, 5.74) is 0.944. The van der Waals surface area contributed by atoms with Gasteiger partial charge in [0.05, 0.1) is 0 Å². The molecule has 0 heterocycles. The topological polar surface area (TPSA) is 58.6 Å². The molecule has 0 aliphatic rings. The Labute approximate surface area is 194 Å². The highest BCUT2D eigenvalue weighted by Gasteiger charge is 2.26. The predicted octanol–water partition coefficient (Wildman–Crippen LogP) is 4.62. The standard InChI is InChI=1S/C22H26BrIN2O3/c1-15(2)12-25-22(28)16(3)26(13-17-4-6-18(23)7-5-17)21(27)14-29-20-10-8-19(24)9-11-20/h4-11,15-16H,12-14H2,1-3H3,(H,25,28)/t16-/m0/s1. The first kappa shape index (κ1) is 23.7. The molecule has 7 heteroatoms. The minimum Gasteiger partial charge on any atom is -0.484 e. The highest BCUT2D eigenvalue weighted by atomic mass is 127. The maximum absolute atomic E-state index is 12.9. The van der Waals surface area contributed by atoms with Crippen LogP contribution in [0.5, 0.6) is 5.75 Å². The third-order valence-corrected chi connectivity index (χ3v) is 5.54. The molecule has 0 radical (unpaired) electrons. The summed E-state index contributed by atoms with van der Waals surface area (Å²) in [6.45, 7) is 6.59. The Morgan fingerprint density at radius 3 is 2.28 bits per heavy atom. The summed E-state index contributed by atoms with van der Waals surface area (Å²) in [5.74, 6) is 0.558. The van der Waals surface area contributed by atoms with Crippen molar-refractivity contribution in [2.45, 2.75) is 33.4 Å². The maximum Gasteiger partial charge on any atom is 0.261 e. The Kier molecular flexibility index (Phi) is 9.42. The Bertz CT molecular complexity index is 810. The second-order valence-electron chi connectivity index (χ2n) is 7.21. The summed E-state index contributed by atoms with van der Waals surface area (Å²) in [5, 5.41) is 2.91. The molecule has 0 aromatic heterocycles. The Morgan fingerprint density at radius 1 is 1.07 bits per heavy atom. The quantitative estimate of drug-likeness (QED) is 0.446. The molecule has 2 aromatic rings. The number of nitrogens with zero attached hydrogens (tertiary/aromatic N) is 1. The molecule has 2 amide bonds. The summed E-state index contributed by atoms with van der Waals surface area (Å²) >= 11 is 5.63. The summed E-state index contributed by atoms with van der Waals surface area (Å²) in [6.07, 6.45) is 0. The number of hydrogen-bond donors (Lipinski definition) is 1. The van der Waals surface area contributed by atoms with Gasteiger partial charge in [-0.25, -0.2) is 0 Å². The molecule has 0 aliphatic carbocycles. The van der Waals surface area contributed by atoms with Crippen LogP contribution in [0.4, 0.5) is 0 Å². The van der Waals surface area contributed by atoms with Gasteiger partial charge in [0.25, 0.3) is 5.91 Å². The van der Waals surface area contributed by atoms with Gasteiger partial charge in [0, 0.05) is 21.1 Å². The number of rotatable bonds is 9. The van der Waals surface area contributed by atoms with Gasteiger partial charge >= 0.3 is 0 Å². The van der Waals surface area contributed by atoms with E-state index in [9.17, 15) is 9.59 Å². The van der Waals surface area contributed by atoms with E-state index in [0.717, 1.165) is 13.6 Å². The average Bonchev–Trinajstić information content (AvgIpc) is 2.70. The third-order valence-electron chi connectivity index (χ3n) is 4.29. The van der Waals surface area contributed by atoms with Crippen LogP contribution >= 0.6 is 38.5 Å². The van der Waals surface area contributed by atoms with E-state index in [0.29, 0.717) is 24.8 Å². The van der Waals surface area contributed by atoms with Crippen LogP contribution in [0.3, 0.4) is 0 Å². The summed E-state index contributed by atoms with van der Waals surface area (Å²) in [6, 6.07) is 14.6. The zero-order chi connectivity index (χ0) is 21.4. The normalized spacial score (nSPS) is 11.8. The molecule has 0 unspecified atom stereocenters. The molecule has 0 fully saturated rings. The number of amides is 2. The van der Waals surface area contributed by atoms with Gasteiger partial charge in [-0.15, -0.1) is 0 Å². The SMILES string of the molecule is CC(C)CNC(=O)[C@H](C)N(Cc1ccc(Br)cc1)C(=O)COc1ccc(I)cc1. The first-order valence-corrected chi connectivity index (χ1v) is 11.3. The fourth-order valence-electron chi connectivity index (χ4n) is 2.58. The molecule has 0 aliphatic heterocycles. The maximum atomic E-state index is 12.9. The molecular weight excluding hydrogens is 547 g/mol. The van der Waals surface area contributed by atoms with Crippen molar-refractivity contribution in [3.05, 3.63) is 62.1 Å². The molecule has 0 bridgehead atoms. The number of ether oxygens (including phenoxy) is 1. The fraction of sp³-hybridized carbons (Fsp3) is 0.364. The van der Waals surface area contributed by atoms with Crippen molar-refractivity contribution in [1.29, 1.82) is 0 Å². The lowest BCUT2D eigenvalue weighted by atomic mass is 10.1. The monoisotopic (exact) mass is 572 g/mol. The van der Waals surface area contributed by atoms with Gasteiger partial charge in [-0.2, -0.15) is 0 Å². The lowest BCUT2D eigenvalue weighted by Crippen LogP contribution is -2.49. The van der Waals surface area contributed by atoms with Gasteiger partial charge in [-0.1, -0.05) is 41.9 Å². The molecule has 2 aromatic carbocycles. The van der Waals surface area contributed by atoms with E-state index in [2.05, 4.69) is 43.8 Å². The van der Waals surface area contributed by atoms with Crippen LogP contribution in [-0.4, -0.2) is 35.9 Å². The van der Waals surface area contributed by atoms with Crippen molar-refractivity contribution in [2.75, 3.05) is 13.2 Å². The smallest absolute Gasteiger partial charge is 0.261 e. The Hall–Kier alpha value is -1.61. The Balaban J connectivity index is 2.10. The minimum atomic E-state index is -0.606. The van der Waals surface area contributed by atoms with Crippen molar-refractivity contribution in [3.8, 4) is 5.75 Å². The molecular formula is C22H26BrIN2O3. The highest BCUT2D eigenvalue weighted by molar-refractivity contribution is 14.1. The van der Waals surface area contributed by atoms with Gasteiger partial charge in [-0.3, -0.25) is 9.59 Å². The Morgan fingerprint density at radius 2 is 1.69 bits per heavy atom. The van der Waals surface area contributed by atoms with Gasteiger partial charge in [0.15, 0.2) is 6.61 Å². The van der Waals surface area contributed by atoms with Crippen LogP contribution in [0.2, 0.25) is 0 Å². The van der Waals surface area contributed by atoms with E-state index in [1.54, 1.807) is 11.8 Å². The van der Waals surface area contributed by atoms with Crippen LogP contribution < -0.4 is 10.1 Å². The van der Waals surface area contributed by atoms with Crippen LogP contribution in [0.1, 0.15) is 26.3 Å². The van der Waals surface area contributed by atoms with Crippen LogP contribution in [0.25, 0.3) is 0 Å². The number of benzene rings is 2. The zero-order valence-electron chi connectivity index (χ0n) is 16.8. The second-order valence-corrected chi connectivity index (χ2v) is 9.37.